The van der Waals surface area contributed by atoms with Crippen LogP contribution in [0.1, 0.15) is 48.6 Å². The summed E-state index contributed by atoms with van der Waals surface area (Å²) in [5.74, 6) is 0.720. The molecule has 0 aliphatic rings. The molecule has 16 heavy (non-hydrogen) atoms. The van der Waals surface area contributed by atoms with Gasteiger partial charge in [0.05, 0.1) is 0 Å². The van der Waals surface area contributed by atoms with Gasteiger partial charge in [-0.05, 0) is 56.8 Å². The number of hydrogen-bond donors (Lipinski definition) is 1. The van der Waals surface area contributed by atoms with Crippen molar-refractivity contribution in [3.63, 3.8) is 0 Å². The van der Waals surface area contributed by atoms with Crippen LogP contribution in [0.2, 0.25) is 0 Å². The van der Waals surface area contributed by atoms with Gasteiger partial charge in [-0.15, -0.1) is 0 Å². The maximum atomic E-state index is 3.45. The molecule has 1 unspecified atom stereocenters. The van der Waals surface area contributed by atoms with Crippen LogP contribution >= 0.6 is 0 Å². The molecule has 0 radical (unpaired) electrons. The fraction of sp³-hybridized carbons (Fsp3) is 0.600. The van der Waals surface area contributed by atoms with E-state index in [1.165, 1.54) is 28.7 Å². The van der Waals surface area contributed by atoms with Gasteiger partial charge in [0.25, 0.3) is 0 Å². The van der Waals surface area contributed by atoms with Crippen LogP contribution in [0.5, 0.6) is 0 Å². The summed E-state index contributed by atoms with van der Waals surface area (Å²) < 4.78 is 0. The molecule has 0 saturated heterocycles. The second-order valence-corrected chi connectivity index (χ2v) is 5.28. The average molecular weight is 219 g/mol. The molecule has 0 spiro atoms. The molecule has 0 bridgehead atoms. The molecule has 1 nitrogen and oxygen atoms in total. The average Bonchev–Trinajstić information content (AvgIpc) is 2.13. The minimum Gasteiger partial charge on any atom is -0.313 e. The van der Waals surface area contributed by atoms with Crippen LogP contribution in [0.15, 0.2) is 12.1 Å². The molecule has 1 atom stereocenters. The van der Waals surface area contributed by atoms with Gasteiger partial charge in [0, 0.05) is 6.04 Å². The third-order valence-corrected chi connectivity index (χ3v) is 3.14. The Labute approximate surface area is 100 Å². The molecule has 1 N–H and O–H groups in total. The smallest absolute Gasteiger partial charge is 0.0325 e. The zero-order chi connectivity index (χ0) is 12.3. The van der Waals surface area contributed by atoms with E-state index in [9.17, 15) is 0 Å². The van der Waals surface area contributed by atoms with E-state index in [1.807, 2.05) is 0 Å². The summed E-state index contributed by atoms with van der Waals surface area (Å²) in [5, 5.41) is 3.45. The summed E-state index contributed by atoms with van der Waals surface area (Å²) in [5.41, 5.74) is 5.68. The van der Waals surface area contributed by atoms with Gasteiger partial charge in [0.15, 0.2) is 0 Å². The van der Waals surface area contributed by atoms with Crippen LogP contribution in [0, 0.1) is 26.7 Å². The first kappa shape index (κ1) is 13.2. The maximum Gasteiger partial charge on any atom is 0.0325 e. The number of hydrogen-bond acceptors (Lipinski definition) is 1. The molecular formula is C15H25N. The quantitative estimate of drug-likeness (QED) is 0.809. The maximum absolute atomic E-state index is 3.45. The Kier molecular flexibility index (Phi) is 4.55. The van der Waals surface area contributed by atoms with Crippen LogP contribution in [-0.2, 0) is 0 Å². The van der Waals surface area contributed by atoms with Gasteiger partial charge < -0.3 is 5.32 Å². The fourth-order valence-corrected chi connectivity index (χ4v) is 2.59. The summed E-state index contributed by atoms with van der Waals surface area (Å²) in [6.07, 6.45) is 1.20. The number of aryl methyl sites for hydroxylation is 3. The first-order valence-electron chi connectivity index (χ1n) is 6.20. The molecule has 0 aromatic heterocycles. The van der Waals surface area contributed by atoms with Crippen molar-refractivity contribution in [1.29, 1.82) is 0 Å². The van der Waals surface area contributed by atoms with Gasteiger partial charge in [0.2, 0.25) is 0 Å². The Morgan fingerprint density at radius 1 is 1.06 bits per heavy atom. The fourth-order valence-electron chi connectivity index (χ4n) is 2.59. The van der Waals surface area contributed by atoms with Gasteiger partial charge in [-0.1, -0.05) is 31.5 Å². The van der Waals surface area contributed by atoms with Crippen molar-refractivity contribution in [2.45, 2.75) is 47.1 Å². The third kappa shape index (κ3) is 3.08. The van der Waals surface area contributed by atoms with Crippen molar-refractivity contribution in [3.05, 3.63) is 34.4 Å². The van der Waals surface area contributed by atoms with Crippen molar-refractivity contribution in [2.75, 3.05) is 7.05 Å². The van der Waals surface area contributed by atoms with Crippen molar-refractivity contribution in [2.24, 2.45) is 5.92 Å². The van der Waals surface area contributed by atoms with Gasteiger partial charge in [-0.2, -0.15) is 0 Å². The van der Waals surface area contributed by atoms with Crippen LogP contribution in [0.25, 0.3) is 0 Å². The molecule has 1 rings (SSSR count). The Morgan fingerprint density at radius 3 is 1.94 bits per heavy atom. The second kappa shape index (κ2) is 5.49. The van der Waals surface area contributed by atoms with Crippen molar-refractivity contribution >= 4 is 0 Å². The van der Waals surface area contributed by atoms with Crippen molar-refractivity contribution in [1.82, 2.24) is 5.32 Å². The number of benzene rings is 1. The largest absolute Gasteiger partial charge is 0.313 e. The minimum absolute atomic E-state index is 0.487. The highest BCUT2D eigenvalue weighted by Crippen LogP contribution is 2.27. The molecule has 0 aliphatic heterocycles. The summed E-state index contributed by atoms with van der Waals surface area (Å²) >= 11 is 0. The third-order valence-electron chi connectivity index (χ3n) is 3.14. The standard InChI is InChI=1S/C15H25N/c1-10(2)7-14(16-6)15-12(4)8-11(3)9-13(15)5/h8-10,14,16H,7H2,1-6H3. The van der Waals surface area contributed by atoms with Gasteiger partial charge in [-0.3, -0.25) is 0 Å². The molecule has 0 saturated carbocycles. The Hall–Kier alpha value is -0.820. The van der Waals surface area contributed by atoms with E-state index in [4.69, 9.17) is 0 Å². The van der Waals surface area contributed by atoms with Crippen molar-refractivity contribution < 1.29 is 0 Å². The molecule has 1 aromatic carbocycles. The number of rotatable bonds is 4. The lowest BCUT2D eigenvalue weighted by Gasteiger charge is -2.23. The highest BCUT2D eigenvalue weighted by molar-refractivity contribution is 5.39. The lowest BCUT2D eigenvalue weighted by Crippen LogP contribution is -2.20. The first-order valence-corrected chi connectivity index (χ1v) is 6.20. The van der Waals surface area contributed by atoms with E-state index in [0.717, 1.165) is 5.92 Å². The Balaban J connectivity index is 3.09. The molecule has 0 aliphatic carbocycles. The summed E-state index contributed by atoms with van der Waals surface area (Å²) in [7, 11) is 2.06. The highest BCUT2D eigenvalue weighted by Gasteiger charge is 2.15. The second-order valence-electron chi connectivity index (χ2n) is 5.28. The molecular weight excluding hydrogens is 194 g/mol. The lowest BCUT2D eigenvalue weighted by atomic mass is 9.89. The summed E-state index contributed by atoms with van der Waals surface area (Å²) in [6, 6.07) is 5.06. The van der Waals surface area contributed by atoms with E-state index < -0.39 is 0 Å². The van der Waals surface area contributed by atoms with Gasteiger partial charge in [-0.25, -0.2) is 0 Å². The Morgan fingerprint density at radius 2 is 1.56 bits per heavy atom. The summed E-state index contributed by atoms with van der Waals surface area (Å²) in [4.78, 5) is 0. The van der Waals surface area contributed by atoms with Crippen LogP contribution < -0.4 is 5.32 Å². The lowest BCUT2D eigenvalue weighted by molar-refractivity contribution is 0.454. The molecule has 0 fully saturated rings. The predicted molar refractivity (Wildman–Crippen MR) is 71.9 cm³/mol. The molecule has 0 heterocycles. The Bertz CT molecular complexity index is 329. The zero-order valence-corrected chi connectivity index (χ0v) is 11.5. The normalized spacial score (nSPS) is 13.2. The van der Waals surface area contributed by atoms with Gasteiger partial charge >= 0.3 is 0 Å². The predicted octanol–water partition coefficient (Wildman–Crippen LogP) is 3.92. The van der Waals surface area contributed by atoms with E-state index in [0.29, 0.717) is 6.04 Å². The monoisotopic (exact) mass is 219 g/mol. The SMILES string of the molecule is CNC(CC(C)C)c1c(C)cc(C)cc1C. The van der Waals surface area contributed by atoms with Crippen molar-refractivity contribution in [3.8, 4) is 0 Å². The van der Waals surface area contributed by atoms with E-state index in [1.54, 1.807) is 0 Å². The molecule has 90 valence electrons. The summed E-state index contributed by atoms with van der Waals surface area (Å²) in [6.45, 7) is 11.2. The minimum atomic E-state index is 0.487. The topological polar surface area (TPSA) is 12.0 Å². The van der Waals surface area contributed by atoms with Crippen LogP contribution in [0.4, 0.5) is 0 Å². The first-order chi connectivity index (χ1) is 7.45. The molecule has 1 heteroatoms. The van der Waals surface area contributed by atoms with E-state index >= 15 is 0 Å². The molecule has 0 amide bonds. The van der Waals surface area contributed by atoms with Crippen LogP contribution in [0.3, 0.4) is 0 Å². The molecule has 1 aromatic rings. The van der Waals surface area contributed by atoms with Gasteiger partial charge in [0.1, 0.15) is 0 Å². The van der Waals surface area contributed by atoms with Crippen LogP contribution in [-0.4, -0.2) is 7.05 Å². The van der Waals surface area contributed by atoms with E-state index in [2.05, 4.69) is 59.1 Å². The van der Waals surface area contributed by atoms with E-state index in [-0.39, 0.29) is 0 Å². The number of nitrogens with one attached hydrogen (secondary N) is 1. The zero-order valence-electron chi connectivity index (χ0n) is 11.5. The highest BCUT2D eigenvalue weighted by atomic mass is 14.9.